The lowest BCUT2D eigenvalue weighted by atomic mass is 10.1. The number of esters is 2. The van der Waals surface area contributed by atoms with Crippen LogP contribution >= 0.6 is 0 Å². The van der Waals surface area contributed by atoms with E-state index in [4.69, 9.17) is 18.9 Å². The van der Waals surface area contributed by atoms with Crippen molar-refractivity contribution in [3.63, 3.8) is 0 Å². The molecule has 0 rings (SSSR count). The van der Waals surface area contributed by atoms with Crippen LogP contribution in [0.2, 0.25) is 0 Å². The van der Waals surface area contributed by atoms with Gasteiger partial charge in [0.15, 0.2) is 6.10 Å². The third-order valence-corrected chi connectivity index (χ3v) is 8.77. The summed E-state index contributed by atoms with van der Waals surface area (Å²) in [7, 11) is 5.92. The van der Waals surface area contributed by atoms with Gasteiger partial charge in [0.1, 0.15) is 13.2 Å². The number of rotatable bonds is 38. The number of ether oxygens (including phenoxy) is 4. The van der Waals surface area contributed by atoms with Crippen molar-refractivity contribution in [2.75, 3.05) is 47.5 Å². The predicted octanol–water partition coefficient (Wildman–Crippen LogP) is 11.0. The molecule has 2 unspecified atom stereocenters. The van der Waals surface area contributed by atoms with Gasteiger partial charge in [-0.25, -0.2) is 4.79 Å². The Morgan fingerprint density at radius 2 is 1.07 bits per heavy atom. The molecular weight excluding hydrogens is 695 g/mol. The molecule has 9 nitrogen and oxygen atoms in total. The highest BCUT2D eigenvalue weighted by atomic mass is 16.7. The van der Waals surface area contributed by atoms with E-state index in [9.17, 15) is 19.5 Å². The van der Waals surface area contributed by atoms with Gasteiger partial charge < -0.3 is 28.5 Å². The molecule has 0 aliphatic heterocycles. The summed E-state index contributed by atoms with van der Waals surface area (Å²) in [5.41, 5.74) is 0. The molecule has 0 bridgehead atoms. The van der Waals surface area contributed by atoms with Crippen LogP contribution in [0.4, 0.5) is 0 Å². The monoisotopic (exact) mass is 775 g/mol. The second kappa shape index (κ2) is 37.9. The number of carboxylic acid groups (broad SMARTS) is 1. The number of carboxylic acids is 1. The van der Waals surface area contributed by atoms with E-state index < -0.39 is 24.3 Å². The number of unbranched alkanes of at least 4 members (excludes halogenated alkanes) is 13. The van der Waals surface area contributed by atoms with E-state index >= 15 is 0 Å². The van der Waals surface area contributed by atoms with Gasteiger partial charge in [0.25, 0.3) is 6.29 Å². The Morgan fingerprint density at radius 1 is 0.564 bits per heavy atom. The first-order chi connectivity index (χ1) is 26.6. The maximum absolute atomic E-state index is 12.7. The fourth-order valence-corrected chi connectivity index (χ4v) is 5.43. The zero-order chi connectivity index (χ0) is 40.7. The Balaban J connectivity index is 4.54. The number of allylic oxidation sites excluding steroid dienone is 10. The van der Waals surface area contributed by atoms with Gasteiger partial charge in [-0.1, -0.05) is 139 Å². The second-order valence-electron chi connectivity index (χ2n) is 15.3. The largest absolute Gasteiger partial charge is 0.477 e. The number of aliphatic carboxylic acids is 1. The van der Waals surface area contributed by atoms with Gasteiger partial charge in [-0.15, -0.1) is 0 Å². The van der Waals surface area contributed by atoms with E-state index in [0.717, 1.165) is 57.8 Å². The fraction of sp³-hybridized carbons (Fsp3) is 0.717. The van der Waals surface area contributed by atoms with E-state index in [0.29, 0.717) is 17.4 Å². The molecule has 0 saturated heterocycles. The normalized spacial score (nSPS) is 13.5. The van der Waals surface area contributed by atoms with E-state index in [-0.39, 0.29) is 38.6 Å². The van der Waals surface area contributed by atoms with Crippen LogP contribution in [0, 0.1) is 0 Å². The smallest absolute Gasteiger partial charge is 0.361 e. The Hall–Kier alpha value is -3.01. The molecule has 0 radical (unpaired) electrons. The van der Waals surface area contributed by atoms with Crippen molar-refractivity contribution in [2.45, 2.75) is 167 Å². The SMILES string of the molecule is CC/C=C\C/C=C\C/C=C\C/C=C\CCC(=O)OC(COC(=O)CCCCCCCCC/C=C\CCCCCCCC)COC(OCC[N+](C)(C)C)C(=O)O. The lowest BCUT2D eigenvalue weighted by Crippen LogP contribution is -2.40. The molecule has 316 valence electrons. The summed E-state index contributed by atoms with van der Waals surface area (Å²) in [6.45, 7) is 4.64. The standard InChI is InChI=1S/C46H79NO8/c1-6-8-10-12-14-16-18-20-21-22-23-25-26-28-30-32-34-36-43(48)53-40-42(41-54-46(45(50)51)52-39-38-47(3,4)5)55-44(49)37-35-33-31-29-27-24-19-17-15-13-11-9-7-2/h9,11,15,17,20-21,24,27,31,33,42,46H,6-8,10,12-14,16,18-19,22-23,25-26,28-30,32,34-41H2,1-5H3/p+1/b11-9-,17-15-,21-20-,27-24-,33-31-. The highest BCUT2D eigenvalue weighted by Crippen LogP contribution is 2.12. The van der Waals surface area contributed by atoms with Crippen molar-refractivity contribution in [1.29, 1.82) is 0 Å². The summed E-state index contributed by atoms with van der Waals surface area (Å²) in [6.07, 6.45) is 41.6. The van der Waals surface area contributed by atoms with Crippen LogP contribution in [0.25, 0.3) is 0 Å². The number of hydrogen-bond donors (Lipinski definition) is 1. The van der Waals surface area contributed by atoms with Gasteiger partial charge in [0.2, 0.25) is 0 Å². The molecule has 0 aliphatic rings. The molecule has 0 aliphatic carbocycles. The predicted molar refractivity (Wildman–Crippen MR) is 226 cm³/mol. The first-order valence-corrected chi connectivity index (χ1v) is 21.5. The summed E-state index contributed by atoms with van der Waals surface area (Å²) in [5, 5.41) is 9.61. The summed E-state index contributed by atoms with van der Waals surface area (Å²) in [6, 6.07) is 0. The van der Waals surface area contributed by atoms with Gasteiger partial charge in [-0.3, -0.25) is 9.59 Å². The molecule has 0 amide bonds. The lowest BCUT2D eigenvalue weighted by Gasteiger charge is -2.25. The first-order valence-electron chi connectivity index (χ1n) is 21.5. The number of carbonyl (C=O) groups excluding carboxylic acids is 2. The van der Waals surface area contributed by atoms with E-state index in [1.165, 1.54) is 64.2 Å². The minimum Gasteiger partial charge on any atom is -0.477 e. The Kier molecular flexibility index (Phi) is 35.8. The molecule has 2 atom stereocenters. The van der Waals surface area contributed by atoms with Gasteiger partial charge in [-0.05, 0) is 64.2 Å². The number of carbonyl (C=O) groups is 3. The maximum Gasteiger partial charge on any atom is 0.361 e. The van der Waals surface area contributed by atoms with Crippen molar-refractivity contribution >= 4 is 17.9 Å². The molecule has 0 aromatic carbocycles. The second-order valence-corrected chi connectivity index (χ2v) is 15.3. The van der Waals surface area contributed by atoms with E-state index in [2.05, 4.69) is 62.5 Å². The van der Waals surface area contributed by atoms with Crippen molar-refractivity contribution in [1.82, 2.24) is 0 Å². The maximum atomic E-state index is 12.7. The zero-order valence-electron chi connectivity index (χ0n) is 35.6. The van der Waals surface area contributed by atoms with Crippen LogP contribution in [0.15, 0.2) is 60.8 Å². The van der Waals surface area contributed by atoms with E-state index in [1.54, 1.807) is 0 Å². The summed E-state index contributed by atoms with van der Waals surface area (Å²) >= 11 is 0. The summed E-state index contributed by atoms with van der Waals surface area (Å²) in [4.78, 5) is 37.0. The average molecular weight is 775 g/mol. The summed E-state index contributed by atoms with van der Waals surface area (Å²) in [5.74, 6) is -2.13. The van der Waals surface area contributed by atoms with Crippen molar-refractivity contribution in [2.24, 2.45) is 0 Å². The van der Waals surface area contributed by atoms with Crippen LogP contribution in [0.1, 0.15) is 155 Å². The topological polar surface area (TPSA) is 108 Å². The Bertz CT molecular complexity index is 1090. The first kappa shape index (κ1) is 52.0. The van der Waals surface area contributed by atoms with Crippen molar-refractivity contribution in [3.8, 4) is 0 Å². The molecular formula is C46H80NO8+. The Morgan fingerprint density at radius 3 is 1.62 bits per heavy atom. The van der Waals surface area contributed by atoms with Gasteiger partial charge in [0.05, 0.1) is 34.4 Å². The van der Waals surface area contributed by atoms with Gasteiger partial charge >= 0.3 is 17.9 Å². The molecule has 0 aromatic rings. The lowest BCUT2D eigenvalue weighted by molar-refractivity contribution is -0.870. The molecule has 1 N–H and O–H groups in total. The molecule has 0 aromatic heterocycles. The van der Waals surface area contributed by atoms with Crippen molar-refractivity contribution in [3.05, 3.63) is 60.8 Å². The molecule has 0 fully saturated rings. The number of likely N-dealkylation sites (N-methyl/N-ethyl adjacent to an activating group) is 1. The third kappa shape index (κ3) is 39.0. The zero-order valence-corrected chi connectivity index (χ0v) is 35.6. The average Bonchev–Trinajstić information content (AvgIpc) is 3.14. The fourth-order valence-electron chi connectivity index (χ4n) is 5.43. The van der Waals surface area contributed by atoms with Crippen LogP contribution in [-0.4, -0.2) is 87.4 Å². The molecule has 0 spiro atoms. The van der Waals surface area contributed by atoms with Crippen LogP contribution in [-0.2, 0) is 33.3 Å². The van der Waals surface area contributed by atoms with Crippen molar-refractivity contribution < 1.29 is 42.9 Å². The molecule has 0 heterocycles. The summed E-state index contributed by atoms with van der Waals surface area (Å²) < 4.78 is 22.6. The molecule has 9 heteroatoms. The number of hydrogen-bond acceptors (Lipinski definition) is 7. The van der Waals surface area contributed by atoms with Crippen LogP contribution < -0.4 is 0 Å². The molecule has 55 heavy (non-hydrogen) atoms. The highest BCUT2D eigenvalue weighted by molar-refractivity contribution is 5.71. The van der Waals surface area contributed by atoms with Crippen LogP contribution in [0.3, 0.4) is 0 Å². The minimum atomic E-state index is -1.53. The minimum absolute atomic E-state index is 0.136. The molecule has 0 saturated carbocycles. The Labute approximate surface area is 335 Å². The van der Waals surface area contributed by atoms with Gasteiger partial charge in [-0.2, -0.15) is 0 Å². The van der Waals surface area contributed by atoms with Gasteiger partial charge in [0, 0.05) is 12.8 Å². The number of nitrogens with zero attached hydrogens (tertiary/aromatic N) is 1. The quantitative estimate of drug-likeness (QED) is 0.0217. The van der Waals surface area contributed by atoms with Crippen LogP contribution in [0.5, 0.6) is 0 Å². The third-order valence-electron chi connectivity index (χ3n) is 8.77. The van der Waals surface area contributed by atoms with E-state index in [1.807, 2.05) is 33.3 Å². The number of quaternary nitrogens is 1. The highest BCUT2D eigenvalue weighted by Gasteiger charge is 2.25.